The number of carbonyl (C=O) groups is 4. The van der Waals surface area contributed by atoms with Crippen LogP contribution in [0.2, 0.25) is 0 Å². The molecule has 3 aliphatic heterocycles. The second-order valence-electron chi connectivity index (χ2n) is 13.8. The first kappa shape index (κ1) is 38.7. The molecule has 3 aromatic rings. The predicted molar refractivity (Wildman–Crippen MR) is 199 cm³/mol. The standard InChI is InChI=1S/C38H44N8O7.CH4/c39-23-25-1-8-32-31(21-25)35(41-24-40-32)42-26-2-4-27(5-3-26)45-13-11-44(12-14-45)15-16-51-17-18-52-19-20-53-28-6-7-29-30(22-28)38(50)46(37(29)49)33-9-10-34(47)43-36(33)48;/h1,6-8,21-22,24,26-27,33H,2-5,9-20H2,(H,40,41,42)(H,43,47,48);1H4. The van der Waals surface area contributed by atoms with Crippen molar-refractivity contribution in [2.24, 2.45) is 0 Å². The van der Waals surface area contributed by atoms with Crippen LogP contribution in [0.4, 0.5) is 5.82 Å². The number of piperazine rings is 1. The van der Waals surface area contributed by atoms with Crippen molar-refractivity contribution in [3.05, 3.63) is 59.4 Å². The Labute approximate surface area is 314 Å². The van der Waals surface area contributed by atoms with Gasteiger partial charge in [-0.25, -0.2) is 9.97 Å². The Hall–Kier alpha value is -5.01. The number of benzene rings is 2. The lowest BCUT2D eigenvalue weighted by atomic mass is 9.89. The summed E-state index contributed by atoms with van der Waals surface area (Å²) in [5.74, 6) is -0.945. The van der Waals surface area contributed by atoms with Crippen LogP contribution >= 0.6 is 0 Å². The minimum Gasteiger partial charge on any atom is -0.491 e. The zero-order valence-electron chi connectivity index (χ0n) is 29.6. The molecule has 15 nitrogen and oxygen atoms in total. The number of nitriles is 1. The Bertz CT molecular complexity index is 1880. The van der Waals surface area contributed by atoms with Crippen LogP contribution in [0.25, 0.3) is 10.9 Å². The number of nitrogens with zero attached hydrogens (tertiary/aromatic N) is 6. The van der Waals surface area contributed by atoms with Gasteiger partial charge in [-0.2, -0.15) is 5.26 Å². The highest BCUT2D eigenvalue weighted by molar-refractivity contribution is 6.23. The highest BCUT2D eigenvalue weighted by Crippen LogP contribution is 2.31. The molecule has 1 saturated carbocycles. The van der Waals surface area contributed by atoms with Gasteiger partial charge in [-0.05, 0) is 68.5 Å². The quantitative estimate of drug-likeness (QED) is 0.182. The van der Waals surface area contributed by atoms with Crippen LogP contribution in [0, 0.1) is 11.3 Å². The zero-order chi connectivity index (χ0) is 36.7. The van der Waals surface area contributed by atoms with Gasteiger partial charge in [-0.15, -0.1) is 0 Å². The van der Waals surface area contributed by atoms with Crippen LogP contribution in [-0.4, -0.2) is 132 Å². The van der Waals surface area contributed by atoms with Gasteiger partial charge in [-0.1, -0.05) is 7.43 Å². The first-order valence-corrected chi connectivity index (χ1v) is 18.4. The minimum atomic E-state index is -1.00. The van der Waals surface area contributed by atoms with E-state index in [2.05, 4.69) is 36.5 Å². The first-order valence-electron chi connectivity index (χ1n) is 18.4. The molecular weight excluding hydrogens is 692 g/mol. The van der Waals surface area contributed by atoms with Crippen molar-refractivity contribution >= 4 is 40.3 Å². The van der Waals surface area contributed by atoms with E-state index in [9.17, 15) is 24.4 Å². The lowest BCUT2D eigenvalue weighted by Gasteiger charge is -2.42. The average Bonchev–Trinajstić information content (AvgIpc) is 3.42. The van der Waals surface area contributed by atoms with Gasteiger partial charge in [-0.3, -0.25) is 39.2 Å². The van der Waals surface area contributed by atoms with E-state index >= 15 is 0 Å². The van der Waals surface area contributed by atoms with Gasteiger partial charge in [0.05, 0.1) is 54.7 Å². The van der Waals surface area contributed by atoms with E-state index in [1.165, 1.54) is 12.1 Å². The molecule has 286 valence electrons. The zero-order valence-corrected chi connectivity index (χ0v) is 29.6. The number of imide groups is 2. The molecule has 1 aromatic heterocycles. The van der Waals surface area contributed by atoms with Crippen LogP contribution in [0.5, 0.6) is 5.75 Å². The molecule has 4 amide bonds. The number of rotatable bonds is 14. The molecule has 4 heterocycles. The molecular formula is C39H48N8O7. The van der Waals surface area contributed by atoms with Crippen molar-refractivity contribution in [1.29, 1.82) is 5.26 Å². The highest BCUT2D eigenvalue weighted by Gasteiger charge is 2.44. The molecule has 1 aliphatic carbocycles. The second kappa shape index (κ2) is 17.9. The fourth-order valence-electron chi connectivity index (χ4n) is 7.65. The molecule has 54 heavy (non-hydrogen) atoms. The van der Waals surface area contributed by atoms with Crippen LogP contribution in [0.3, 0.4) is 0 Å². The van der Waals surface area contributed by atoms with Crippen LogP contribution in [0.15, 0.2) is 42.7 Å². The van der Waals surface area contributed by atoms with E-state index in [0.717, 1.165) is 80.0 Å². The molecule has 2 aromatic carbocycles. The molecule has 15 heteroatoms. The molecule has 2 N–H and O–H groups in total. The number of hydrogen-bond donors (Lipinski definition) is 2. The van der Waals surface area contributed by atoms with Crippen molar-refractivity contribution in [3.8, 4) is 11.8 Å². The Morgan fingerprint density at radius 2 is 1.57 bits per heavy atom. The van der Waals surface area contributed by atoms with Gasteiger partial charge in [0.2, 0.25) is 11.8 Å². The molecule has 4 aliphatic rings. The minimum absolute atomic E-state index is 0. The highest BCUT2D eigenvalue weighted by atomic mass is 16.5. The number of amides is 4. The average molecular weight is 741 g/mol. The van der Waals surface area contributed by atoms with Crippen LogP contribution in [0.1, 0.15) is 72.2 Å². The summed E-state index contributed by atoms with van der Waals surface area (Å²) >= 11 is 0. The third-order valence-corrected chi connectivity index (χ3v) is 10.6. The summed E-state index contributed by atoms with van der Waals surface area (Å²) in [6, 6.07) is 12.3. The van der Waals surface area contributed by atoms with Gasteiger partial charge in [0.1, 0.15) is 30.5 Å². The molecule has 3 fully saturated rings. The topological polar surface area (TPSA) is 179 Å². The molecule has 2 saturated heterocycles. The number of aromatic nitrogens is 2. The Morgan fingerprint density at radius 3 is 2.33 bits per heavy atom. The maximum atomic E-state index is 13.0. The summed E-state index contributed by atoms with van der Waals surface area (Å²) in [5, 5.41) is 16.0. The molecule has 0 radical (unpaired) electrons. The number of anilines is 1. The first-order chi connectivity index (χ1) is 25.9. The van der Waals surface area contributed by atoms with Crippen molar-refractivity contribution in [1.82, 2.24) is 30.0 Å². The molecule has 0 bridgehead atoms. The maximum absolute atomic E-state index is 13.0. The summed E-state index contributed by atoms with van der Waals surface area (Å²) in [5.41, 5.74) is 1.83. The van der Waals surface area contributed by atoms with Crippen LogP contribution < -0.4 is 15.4 Å². The van der Waals surface area contributed by atoms with Crippen molar-refractivity contribution in [2.75, 3.05) is 71.1 Å². The molecule has 1 atom stereocenters. The van der Waals surface area contributed by atoms with Crippen molar-refractivity contribution in [2.45, 2.75) is 64.1 Å². The Morgan fingerprint density at radius 1 is 0.833 bits per heavy atom. The van der Waals surface area contributed by atoms with Gasteiger partial charge in [0.25, 0.3) is 11.8 Å². The van der Waals surface area contributed by atoms with Gasteiger partial charge in [0, 0.05) is 56.6 Å². The summed E-state index contributed by atoms with van der Waals surface area (Å²) in [6.45, 7) is 7.20. The normalized spacial score (nSPS) is 22.1. The molecule has 1 unspecified atom stereocenters. The third-order valence-electron chi connectivity index (χ3n) is 10.6. The number of ether oxygens (including phenoxy) is 3. The van der Waals surface area contributed by atoms with Gasteiger partial charge in [0.15, 0.2) is 0 Å². The number of piperidine rings is 1. The number of fused-ring (bicyclic) bond motifs is 2. The fourth-order valence-corrected chi connectivity index (χ4v) is 7.65. The predicted octanol–water partition coefficient (Wildman–Crippen LogP) is 2.99. The van der Waals surface area contributed by atoms with E-state index in [4.69, 9.17) is 14.2 Å². The SMILES string of the molecule is C.N#Cc1ccc2ncnc(NC3CCC(N4CCN(CCOCCOCCOc5ccc6c(c5)C(=O)N(C5CCC(=O)NC5=O)C6=O)CC4)CC3)c2c1. The van der Waals surface area contributed by atoms with Gasteiger partial charge < -0.3 is 19.5 Å². The van der Waals surface area contributed by atoms with Crippen molar-refractivity contribution < 1.29 is 33.4 Å². The molecule has 7 rings (SSSR count). The lowest BCUT2D eigenvalue weighted by molar-refractivity contribution is -0.136. The largest absolute Gasteiger partial charge is 0.491 e. The summed E-state index contributed by atoms with van der Waals surface area (Å²) in [4.78, 5) is 64.5. The molecule has 0 spiro atoms. The maximum Gasteiger partial charge on any atom is 0.262 e. The number of hydrogen-bond acceptors (Lipinski definition) is 13. The van der Waals surface area contributed by atoms with Crippen LogP contribution in [-0.2, 0) is 19.1 Å². The number of nitrogens with one attached hydrogen (secondary N) is 2. The Kier molecular flexibility index (Phi) is 12.8. The van der Waals surface area contributed by atoms with E-state index in [-0.39, 0.29) is 38.0 Å². The summed E-state index contributed by atoms with van der Waals surface area (Å²) in [7, 11) is 0. The van der Waals surface area contributed by atoms with Crippen molar-refractivity contribution in [3.63, 3.8) is 0 Å². The summed E-state index contributed by atoms with van der Waals surface area (Å²) in [6.07, 6.45) is 6.23. The van der Waals surface area contributed by atoms with Gasteiger partial charge >= 0.3 is 0 Å². The van der Waals surface area contributed by atoms with E-state index in [1.54, 1.807) is 18.5 Å². The van der Waals surface area contributed by atoms with E-state index < -0.39 is 29.7 Å². The number of carbonyl (C=O) groups excluding carboxylic acids is 4. The smallest absolute Gasteiger partial charge is 0.262 e. The lowest BCUT2D eigenvalue weighted by Crippen LogP contribution is -2.54. The third kappa shape index (κ3) is 8.85. The monoisotopic (exact) mass is 740 g/mol. The van der Waals surface area contributed by atoms with E-state index in [0.29, 0.717) is 49.8 Å². The Balaban J connectivity index is 0.00000497. The summed E-state index contributed by atoms with van der Waals surface area (Å²) < 4.78 is 17.2. The second-order valence-corrected chi connectivity index (χ2v) is 13.8. The fraction of sp³-hybridized carbons (Fsp3) is 0.513. The van der Waals surface area contributed by atoms with E-state index in [1.807, 2.05) is 12.1 Å².